The molecule has 74 valence electrons. The van der Waals surface area contributed by atoms with E-state index >= 15 is 0 Å². The van der Waals surface area contributed by atoms with Crippen LogP contribution in [0.3, 0.4) is 0 Å². The van der Waals surface area contributed by atoms with Crippen LogP contribution in [0.4, 0.5) is 0 Å². The Morgan fingerprint density at radius 2 is 2.31 bits per heavy atom. The van der Waals surface area contributed by atoms with Crippen LogP contribution in [0.2, 0.25) is 0 Å². The molecule has 13 heavy (non-hydrogen) atoms. The number of aryl methyl sites for hydroxylation is 1. The third-order valence-corrected chi connectivity index (χ3v) is 1.67. The van der Waals surface area contributed by atoms with Gasteiger partial charge in [0.2, 0.25) is 0 Å². The van der Waals surface area contributed by atoms with Crippen molar-refractivity contribution in [3.63, 3.8) is 0 Å². The van der Waals surface area contributed by atoms with Crippen LogP contribution in [-0.2, 0) is 11.3 Å². The second kappa shape index (κ2) is 5.66. The molecule has 1 aromatic heterocycles. The molecule has 0 saturated heterocycles. The van der Waals surface area contributed by atoms with Crippen LogP contribution in [0, 0.1) is 6.92 Å². The Labute approximate surface area is 77.4 Å². The molecule has 1 rings (SSSR count). The minimum absolute atomic E-state index is 0.683. The summed E-state index contributed by atoms with van der Waals surface area (Å²) in [5, 5.41) is 10.6. The SMILES string of the molecule is CCOCCNCc1nonc1C. The summed E-state index contributed by atoms with van der Waals surface area (Å²) >= 11 is 0. The number of nitrogens with zero attached hydrogens (tertiary/aromatic N) is 2. The first kappa shape index (κ1) is 10.1. The van der Waals surface area contributed by atoms with Gasteiger partial charge < -0.3 is 10.1 Å². The fourth-order valence-corrected chi connectivity index (χ4v) is 0.905. The second-order valence-corrected chi connectivity index (χ2v) is 2.67. The molecule has 5 nitrogen and oxygen atoms in total. The highest BCUT2D eigenvalue weighted by Crippen LogP contribution is 1.98. The highest BCUT2D eigenvalue weighted by molar-refractivity contribution is 5.03. The van der Waals surface area contributed by atoms with Crippen molar-refractivity contribution in [2.45, 2.75) is 20.4 Å². The van der Waals surface area contributed by atoms with Gasteiger partial charge in [-0.05, 0) is 13.8 Å². The van der Waals surface area contributed by atoms with E-state index < -0.39 is 0 Å². The molecular formula is C8H15N3O2. The lowest BCUT2D eigenvalue weighted by Gasteiger charge is -2.01. The fourth-order valence-electron chi connectivity index (χ4n) is 0.905. The Morgan fingerprint density at radius 1 is 1.46 bits per heavy atom. The molecule has 0 radical (unpaired) electrons. The summed E-state index contributed by atoms with van der Waals surface area (Å²) in [7, 11) is 0. The van der Waals surface area contributed by atoms with Gasteiger partial charge in [0.15, 0.2) is 0 Å². The molecule has 0 saturated carbocycles. The molecule has 5 heteroatoms. The minimum atomic E-state index is 0.683. The summed E-state index contributed by atoms with van der Waals surface area (Å²) in [6.45, 7) is 6.83. The Kier molecular flexibility index (Phi) is 4.42. The van der Waals surface area contributed by atoms with Crippen molar-refractivity contribution in [2.75, 3.05) is 19.8 Å². The number of ether oxygens (including phenoxy) is 1. The zero-order valence-corrected chi connectivity index (χ0v) is 8.04. The van der Waals surface area contributed by atoms with Crippen LogP contribution in [0.25, 0.3) is 0 Å². The van der Waals surface area contributed by atoms with Crippen LogP contribution in [0.1, 0.15) is 18.3 Å². The average Bonchev–Trinajstić information content (AvgIpc) is 2.52. The van der Waals surface area contributed by atoms with Crippen LogP contribution in [0.5, 0.6) is 0 Å². The average molecular weight is 185 g/mol. The summed E-state index contributed by atoms with van der Waals surface area (Å²) in [4.78, 5) is 0. The fraction of sp³-hybridized carbons (Fsp3) is 0.750. The highest BCUT2D eigenvalue weighted by atomic mass is 16.6. The summed E-state index contributed by atoms with van der Waals surface area (Å²) in [6.07, 6.45) is 0. The van der Waals surface area contributed by atoms with Gasteiger partial charge in [0.25, 0.3) is 0 Å². The van der Waals surface area contributed by atoms with Crippen LogP contribution >= 0.6 is 0 Å². The van der Waals surface area contributed by atoms with E-state index in [1.807, 2.05) is 13.8 Å². The zero-order chi connectivity index (χ0) is 9.52. The van der Waals surface area contributed by atoms with Gasteiger partial charge >= 0.3 is 0 Å². The molecular weight excluding hydrogens is 170 g/mol. The molecule has 0 atom stereocenters. The number of hydrogen-bond acceptors (Lipinski definition) is 5. The molecule has 0 spiro atoms. The third-order valence-electron chi connectivity index (χ3n) is 1.67. The standard InChI is InChI=1S/C8H15N3O2/c1-3-12-5-4-9-6-8-7(2)10-13-11-8/h9H,3-6H2,1-2H3. The molecule has 0 fully saturated rings. The minimum Gasteiger partial charge on any atom is -0.380 e. The van der Waals surface area contributed by atoms with Gasteiger partial charge in [0.05, 0.1) is 6.61 Å². The Morgan fingerprint density at radius 3 is 2.92 bits per heavy atom. The van der Waals surface area contributed by atoms with Crippen molar-refractivity contribution in [3.8, 4) is 0 Å². The summed E-state index contributed by atoms with van der Waals surface area (Å²) in [6, 6.07) is 0. The largest absolute Gasteiger partial charge is 0.380 e. The maximum absolute atomic E-state index is 5.16. The summed E-state index contributed by atoms with van der Waals surface area (Å²) < 4.78 is 9.71. The first-order chi connectivity index (χ1) is 6.34. The topological polar surface area (TPSA) is 60.2 Å². The van der Waals surface area contributed by atoms with Crippen molar-refractivity contribution < 1.29 is 9.37 Å². The number of aromatic nitrogens is 2. The van der Waals surface area contributed by atoms with Crippen LogP contribution < -0.4 is 5.32 Å². The third kappa shape index (κ3) is 3.52. The molecule has 0 bridgehead atoms. The molecule has 0 unspecified atom stereocenters. The maximum atomic E-state index is 5.16. The maximum Gasteiger partial charge on any atom is 0.121 e. The van der Waals surface area contributed by atoms with Gasteiger partial charge in [-0.1, -0.05) is 10.3 Å². The highest BCUT2D eigenvalue weighted by Gasteiger charge is 2.02. The van der Waals surface area contributed by atoms with E-state index in [9.17, 15) is 0 Å². The zero-order valence-electron chi connectivity index (χ0n) is 8.04. The molecule has 1 N–H and O–H groups in total. The first-order valence-electron chi connectivity index (χ1n) is 4.41. The quantitative estimate of drug-likeness (QED) is 0.654. The van der Waals surface area contributed by atoms with Crippen molar-refractivity contribution in [2.24, 2.45) is 0 Å². The molecule has 0 aliphatic heterocycles. The lowest BCUT2D eigenvalue weighted by molar-refractivity contribution is 0.149. The van der Waals surface area contributed by atoms with Gasteiger partial charge in [0, 0.05) is 19.7 Å². The summed E-state index contributed by atoms with van der Waals surface area (Å²) in [5.74, 6) is 0. The molecule has 1 aromatic rings. The first-order valence-corrected chi connectivity index (χ1v) is 4.41. The number of nitrogens with one attached hydrogen (secondary N) is 1. The Balaban J connectivity index is 2.10. The molecule has 0 aliphatic rings. The van der Waals surface area contributed by atoms with Gasteiger partial charge in [-0.25, -0.2) is 4.63 Å². The van der Waals surface area contributed by atoms with E-state index in [4.69, 9.17) is 4.74 Å². The normalized spacial score (nSPS) is 10.6. The van der Waals surface area contributed by atoms with Crippen LogP contribution in [0.15, 0.2) is 4.63 Å². The number of hydrogen-bond donors (Lipinski definition) is 1. The Bertz CT molecular complexity index is 237. The Hall–Kier alpha value is -0.940. The van der Waals surface area contributed by atoms with Crippen molar-refractivity contribution in [1.29, 1.82) is 0 Å². The van der Waals surface area contributed by atoms with Crippen molar-refractivity contribution in [1.82, 2.24) is 15.6 Å². The van der Waals surface area contributed by atoms with E-state index in [2.05, 4.69) is 20.3 Å². The van der Waals surface area contributed by atoms with Crippen molar-refractivity contribution >= 4 is 0 Å². The van der Waals surface area contributed by atoms with Crippen LogP contribution in [-0.4, -0.2) is 30.1 Å². The van der Waals surface area contributed by atoms with E-state index in [0.717, 1.165) is 31.1 Å². The van der Waals surface area contributed by atoms with Gasteiger partial charge in [-0.15, -0.1) is 0 Å². The summed E-state index contributed by atoms with van der Waals surface area (Å²) in [5.41, 5.74) is 1.69. The predicted molar refractivity (Wildman–Crippen MR) is 47.2 cm³/mol. The van der Waals surface area contributed by atoms with E-state index in [0.29, 0.717) is 6.54 Å². The number of rotatable bonds is 6. The lowest BCUT2D eigenvalue weighted by atomic mass is 10.3. The molecule has 0 aliphatic carbocycles. The van der Waals surface area contributed by atoms with E-state index in [1.165, 1.54) is 0 Å². The predicted octanol–water partition coefficient (Wildman–Crippen LogP) is 0.504. The van der Waals surface area contributed by atoms with Gasteiger partial charge in [-0.2, -0.15) is 0 Å². The monoisotopic (exact) mass is 185 g/mol. The second-order valence-electron chi connectivity index (χ2n) is 2.67. The molecule has 1 heterocycles. The van der Waals surface area contributed by atoms with Gasteiger partial charge in [0.1, 0.15) is 11.4 Å². The van der Waals surface area contributed by atoms with E-state index in [1.54, 1.807) is 0 Å². The lowest BCUT2D eigenvalue weighted by Crippen LogP contribution is -2.19. The molecule has 0 amide bonds. The smallest absolute Gasteiger partial charge is 0.121 e. The van der Waals surface area contributed by atoms with Gasteiger partial charge in [-0.3, -0.25) is 0 Å². The van der Waals surface area contributed by atoms with E-state index in [-0.39, 0.29) is 0 Å². The van der Waals surface area contributed by atoms with Crippen molar-refractivity contribution in [3.05, 3.63) is 11.4 Å². The molecule has 0 aromatic carbocycles.